The van der Waals surface area contributed by atoms with Gasteiger partial charge in [0.2, 0.25) is 0 Å². The number of nitrogen functional groups attached to an aromatic ring is 1. The Morgan fingerprint density at radius 3 is 2.37 bits per heavy atom. The molecule has 0 fully saturated rings. The molecule has 98 valence electrons. The maximum atomic E-state index is 12.1. The normalized spacial score (nSPS) is 11.8. The molecule has 1 unspecified atom stereocenters. The molecule has 3 heteroatoms. The fourth-order valence-electron chi connectivity index (χ4n) is 1.75. The summed E-state index contributed by atoms with van der Waals surface area (Å²) in [4.78, 5) is 12.1. The highest BCUT2D eigenvalue weighted by atomic mass is 16.5. The molecule has 0 saturated carbocycles. The van der Waals surface area contributed by atoms with E-state index in [9.17, 15) is 4.79 Å². The molecule has 0 spiro atoms. The van der Waals surface area contributed by atoms with Gasteiger partial charge in [0.15, 0.2) is 5.78 Å². The first-order valence-electron chi connectivity index (χ1n) is 6.24. The Balaban J connectivity index is 1.92. The van der Waals surface area contributed by atoms with Crippen LogP contribution in [0.5, 0.6) is 5.75 Å². The van der Waals surface area contributed by atoms with Crippen LogP contribution in [0.2, 0.25) is 0 Å². The van der Waals surface area contributed by atoms with Crippen molar-refractivity contribution in [3.8, 4) is 5.75 Å². The Labute approximate surface area is 113 Å². The van der Waals surface area contributed by atoms with Crippen LogP contribution in [-0.2, 0) is 0 Å². The Morgan fingerprint density at radius 2 is 1.74 bits per heavy atom. The van der Waals surface area contributed by atoms with Gasteiger partial charge in [0.25, 0.3) is 0 Å². The average Bonchev–Trinajstić information content (AvgIpc) is 2.46. The van der Waals surface area contributed by atoms with Gasteiger partial charge in [-0.2, -0.15) is 0 Å². The quantitative estimate of drug-likeness (QED) is 0.659. The zero-order valence-electron chi connectivity index (χ0n) is 10.9. The lowest BCUT2D eigenvalue weighted by Gasteiger charge is -2.12. The third-order valence-corrected chi connectivity index (χ3v) is 2.89. The molecule has 0 radical (unpaired) electrons. The predicted molar refractivity (Wildman–Crippen MR) is 76.3 cm³/mol. The van der Waals surface area contributed by atoms with Gasteiger partial charge in [-0.15, -0.1) is 0 Å². The second-order valence-electron chi connectivity index (χ2n) is 4.51. The lowest BCUT2D eigenvalue weighted by Crippen LogP contribution is -2.19. The highest BCUT2D eigenvalue weighted by molar-refractivity contribution is 5.97. The molecule has 0 saturated heterocycles. The fraction of sp³-hybridized carbons (Fsp3) is 0.188. The SMILES string of the molecule is CC(COc1ccc(N)cc1)C(=O)c1ccccc1. The molecule has 0 heterocycles. The smallest absolute Gasteiger partial charge is 0.169 e. The number of carbonyl (C=O) groups is 1. The molecule has 2 rings (SSSR count). The van der Waals surface area contributed by atoms with Crippen molar-refractivity contribution in [1.82, 2.24) is 0 Å². The van der Waals surface area contributed by atoms with E-state index in [1.807, 2.05) is 37.3 Å². The second kappa shape index (κ2) is 6.05. The maximum Gasteiger partial charge on any atom is 0.169 e. The minimum absolute atomic E-state index is 0.0936. The van der Waals surface area contributed by atoms with E-state index in [0.29, 0.717) is 12.3 Å². The maximum absolute atomic E-state index is 12.1. The van der Waals surface area contributed by atoms with Crippen LogP contribution >= 0.6 is 0 Å². The molecule has 1 atom stereocenters. The molecule has 19 heavy (non-hydrogen) atoms. The number of ether oxygens (including phenoxy) is 1. The zero-order valence-corrected chi connectivity index (χ0v) is 10.9. The predicted octanol–water partition coefficient (Wildman–Crippen LogP) is 3.17. The minimum atomic E-state index is -0.181. The van der Waals surface area contributed by atoms with Gasteiger partial charge in [-0.25, -0.2) is 0 Å². The van der Waals surface area contributed by atoms with Crippen molar-refractivity contribution >= 4 is 11.5 Å². The van der Waals surface area contributed by atoms with Gasteiger partial charge in [-0.1, -0.05) is 37.3 Å². The Kier molecular flexibility index (Phi) is 4.18. The Bertz CT molecular complexity index is 534. The number of Topliss-reactive ketones (excluding diaryl/α,β-unsaturated/α-hetero) is 1. The molecule has 0 aliphatic rings. The van der Waals surface area contributed by atoms with Crippen LogP contribution in [-0.4, -0.2) is 12.4 Å². The van der Waals surface area contributed by atoms with Crippen LogP contribution in [0.1, 0.15) is 17.3 Å². The first kappa shape index (κ1) is 13.1. The topological polar surface area (TPSA) is 52.3 Å². The molecule has 3 nitrogen and oxygen atoms in total. The molecular weight excluding hydrogens is 238 g/mol. The fourth-order valence-corrected chi connectivity index (χ4v) is 1.75. The van der Waals surface area contributed by atoms with Crippen molar-refractivity contribution in [3.63, 3.8) is 0 Å². The highest BCUT2D eigenvalue weighted by Gasteiger charge is 2.15. The van der Waals surface area contributed by atoms with E-state index < -0.39 is 0 Å². The second-order valence-corrected chi connectivity index (χ2v) is 4.51. The summed E-state index contributed by atoms with van der Waals surface area (Å²) in [6, 6.07) is 16.4. The molecular formula is C16H17NO2. The van der Waals surface area contributed by atoms with E-state index in [-0.39, 0.29) is 11.7 Å². The largest absolute Gasteiger partial charge is 0.493 e. The van der Waals surface area contributed by atoms with Crippen LogP contribution in [0.25, 0.3) is 0 Å². The monoisotopic (exact) mass is 255 g/mol. The molecule has 2 aromatic carbocycles. The van der Waals surface area contributed by atoms with Gasteiger partial charge in [-0.3, -0.25) is 4.79 Å². The first-order valence-corrected chi connectivity index (χ1v) is 6.24. The molecule has 0 aliphatic carbocycles. The molecule has 0 aliphatic heterocycles. The van der Waals surface area contributed by atoms with Gasteiger partial charge >= 0.3 is 0 Å². The molecule has 2 aromatic rings. The van der Waals surface area contributed by atoms with Gasteiger partial charge in [0.1, 0.15) is 5.75 Å². The number of nitrogens with two attached hydrogens (primary N) is 1. The Morgan fingerprint density at radius 1 is 1.11 bits per heavy atom. The van der Waals surface area contributed by atoms with E-state index in [4.69, 9.17) is 10.5 Å². The summed E-state index contributed by atoms with van der Waals surface area (Å²) in [5.74, 6) is 0.637. The van der Waals surface area contributed by atoms with Gasteiger partial charge < -0.3 is 10.5 Å². The van der Waals surface area contributed by atoms with Crippen LogP contribution in [0.15, 0.2) is 54.6 Å². The molecule has 0 aromatic heterocycles. The number of hydrogen-bond acceptors (Lipinski definition) is 3. The van der Waals surface area contributed by atoms with Crippen molar-refractivity contribution in [1.29, 1.82) is 0 Å². The van der Waals surface area contributed by atoms with Crippen LogP contribution < -0.4 is 10.5 Å². The zero-order chi connectivity index (χ0) is 13.7. The number of carbonyl (C=O) groups excluding carboxylic acids is 1. The molecule has 2 N–H and O–H groups in total. The van der Waals surface area contributed by atoms with Crippen molar-refractivity contribution in [2.45, 2.75) is 6.92 Å². The molecule has 0 bridgehead atoms. The van der Waals surface area contributed by atoms with E-state index in [0.717, 1.165) is 11.3 Å². The number of benzene rings is 2. The summed E-state index contributed by atoms with van der Waals surface area (Å²) in [6.07, 6.45) is 0. The summed E-state index contributed by atoms with van der Waals surface area (Å²) in [7, 11) is 0. The van der Waals surface area contributed by atoms with Crippen molar-refractivity contribution in [3.05, 3.63) is 60.2 Å². The third kappa shape index (κ3) is 3.58. The van der Waals surface area contributed by atoms with Crippen LogP contribution in [0, 0.1) is 5.92 Å². The van der Waals surface area contributed by atoms with Gasteiger partial charge in [-0.05, 0) is 24.3 Å². The van der Waals surface area contributed by atoms with E-state index in [1.54, 1.807) is 24.3 Å². The minimum Gasteiger partial charge on any atom is -0.493 e. The lowest BCUT2D eigenvalue weighted by molar-refractivity contribution is 0.0889. The Hall–Kier alpha value is -2.29. The summed E-state index contributed by atoms with van der Waals surface area (Å²) in [5, 5.41) is 0. The van der Waals surface area contributed by atoms with Gasteiger partial charge in [0.05, 0.1) is 12.5 Å². The van der Waals surface area contributed by atoms with E-state index >= 15 is 0 Å². The lowest BCUT2D eigenvalue weighted by atomic mass is 10.0. The van der Waals surface area contributed by atoms with Crippen molar-refractivity contribution < 1.29 is 9.53 Å². The summed E-state index contributed by atoms with van der Waals surface area (Å²) in [6.45, 7) is 2.23. The number of rotatable bonds is 5. The van der Waals surface area contributed by atoms with Crippen molar-refractivity contribution in [2.24, 2.45) is 5.92 Å². The van der Waals surface area contributed by atoms with E-state index in [1.165, 1.54) is 0 Å². The molecule has 0 amide bonds. The van der Waals surface area contributed by atoms with Gasteiger partial charge in [0, 0.05) is 11.3 Å². The van der Waals surface area contributed by atoms with Crippen LogP contribution in [0.4, 0.5) is 5.69 Å². The highest BCUT2D eigenvalue weighted by Crippen LogP contribution is 2.15. The van der Waals surface area contributed by atoms with E-state index in [2.05, 4.69) is 0 Å². The summed E-state index contributed by atoms with van der Waals surface area (Å²) >= 11 is 0. The standard InChI is InChI=1S/C16H17NO2/c1-12(16(18)13-5-3-2-4-6-13)11-19-15-9-7-14(17)8-10-15/h2-10,12H,11,17H2,1H3. The van der Waals surface area contributed by atoms with Crippen molar-refractivity contribution in [2.75, 3.05) is 12.3 Å². The first-order chi connectivity index (χ1) is 9.16. The van der Waals surface area contributed by atoms with Crippen LogP contribution in [0.3, 0.4) is 0 Å². The summed E-state index contributed by atoms with van der Waals surface area (Å²) in [5.41, 5.74) is 7.01. The number of hydrogen-bond donors (Lipinski definition) is 1. The summed E-state index contributed by atoms with van der Waals surface area (Å²) < 4.78 is 5.59. The average molecular weight is 255 g/mol. The third-order valence-electron chi connectivity index (χ3n) is 2.89. The number of ketones is 1. The number of anilines is 1.